The first-order valence-corrected chi connectivity index (χ1v) is 16.8. The molecule has 0 aliphatic carbocycles. The Morgan fingerprint density at radius 1 is 0.750 bits per heavy atom. The second-order valence-electron chi connectivity index (χ2n) is 12.0. The first kappa shape index (κ1) is 39.4. The van der Waals surface area contributed by atoms with E-state index in [1.807, 2.05) is 0 Å². The number of carboxylic acid groups (broad SMARTS) is 1. The lowest BCUT2D eigenvalue weighted by Crippen LogP contribution is -2.40. The van der Waals surface area contributed by atoms with Crippen molar-refractivity contribution in [1.82, 2.24) is 5.32 Å². The first-order valence-electron chi connectivity index (χ1n) is 16.8. The largest absolute Gasteiger partial charge is 0.573 e. The number of hydrogen-bond acceptors (Lipinski definition) is 8. The molecule has 4 aromatic rings. The van der Waals surface area contributed by atoms with Crippen molar-refractivity contribution < 1.29 is 52.0 Å². The summed E-state index contributed by atoms with van der Waals surface area (Å²) in [5.41, 5.74) is 2.17. The number of aliphatic carboxylic acids is 1. The van der Waals surface area contributed by atoms with Gasteiger partial charge in [-0.25, -0.2) is 4.79 Å². The molecule has 0 bridgehead atoms. The van der Waals surface area contributed by atoms with Crippen LogP contribution in [0.15, 0.2) is 97.1 Å². The molecule has 0 saturated carbocycles. The Balaban J connectivity index is 1.23. The SMILES string of the molecule is CCCCCCCOc1ccc(C(=O)Oc2ccc(C[C@H](NC(O)c3ccc(NC(=O)Cc4ccc(OC(F)(F)F)cc4)cc3)C(=O)O)cc2)cc1. The molecule has 4 aromatic carbocycles. The Labute approximate surface area is 299 Å². The summed E-state index contributed by atoms with van der Waals surface area (Å²) < 4.78 is 52.1. The molecule has 13 heteroatoms. The smallest absolute Gasteiger partial charge is 0.494 e. The third kappa shape index (κ3) is 13.4. The van der Waals surface area contributed by atoms with Crippen LogP contribution in [0.1, 0.15) is 72.3 Å². The Morgan fingerprint density at radius 2 is 1.35 bits per heavy atom. The molecule has 0 radical (unpaired) electrons. The number of rotatable bonds is 19. The summed E-state index contributed by atoms with van der Waals surface area (Å²) in [5, 5.41) is 25.9. The van der Waals surface area contributed by atoms with Crippen LogP contribution in [0.25, 0.3) is 0 Å². The van der Waals surface area contributed by atoms with E-state index in [1.54, 1.807) is 48.5 Å². The van der Waals surface area contributed by atoms with Crippen LogP contribution in [0.3, 0.4) is 0 Å². The summed E-state index contributed by atoms with van der Waals surface area (Å²) in [6.45, 7) is 2.79. The molecule has 0 aliphatic rings. The number of hydrogen-bond donors (Lipinski definition) is 4. The maximum atomic E-state index is 12.7. The molecule has 10 nitrogen and oxygen atoms in total. The Kier molecular flexibility index (Phi) is 14.6. The van der Waals surface area contributed by atoms with E-state index < -0.39 is 42.2 Å². The van der Waals surface area contributed by atoms with Crippen molar-refractivity contribution in [3.05, 3.63) is 119 Å². The summed E-state index contributed by atoms with van der Waals surface area (Å²) in [6, 6.07) is 22.9. The number of aliphatic hydroxyl groups excluding tert-OH is 1. The molecule has 4 rings (SSSR count). The molecule has 276 valence electrons. The molecule has 0 spiro atoms. The number of halogens is 3. The minimum Gasteiger partial charge on any atom is -0.494 e. The normalized spacial score (nSPS) is 12.4. The number of alkyl halides is 3. The van der Waals surface area contributed by atoms with Gasteiger partial charge in [-0.05, 0) is 90.2 Å². The first-order chi connectivity index (χ1) is 24.9. The number of esters is 1. The molecule has 0 aliphatic heterocycles. The molecule has 0 heterocycles. The zero-order valence-corrected chi connectivity index (χ0v) is 28.5. The van der Waals surface area contributed by atoms with Crippen LogP contribution in [0.5, 0.6) is 17.2 Å². The second-order valence-corrected chi connectivity index (χ2v) is 12.0. The lowest BCUT2D eigenvalue weighted by molar-refractivity contribution is -0.274. The fourth-order valence-corrected chi connectivity index (χ4v) is 5.13. The molecule has 0 aromatic heterocycles. The molecule has 1 amide bonds. The number of carboxylic acids is 1. The zero-order chi connectivity index (χ0) is 37.5. The van der Waals surface area contributed by atoms with Gasteiger partial charge >= 0.3 is 18.3 Å². The van der Waals surface area contributed by atoms with Gasteiger partial charge in [0.05, 0.1) is 18.6 Å². The molecular weight excluding hydrogens is 681 g/mol. The molecule has 1 unspecified atom stereocenters. The van der Waals surface area contributed by atoms with E-state index in [0.717, 1.165) is 25.0 Å². The van der Waals surface area contributed by atoms with Gasteiger partial charge in [-0.2, -0.15) is 0 Å². The number of carbonyl (C=O) groups is 3. The Hall–Kier alpha value is -5.40. The van der Waals surface area contributed by atoms with Gasteiger partial charge in [0.15, 0.2) is 0 Å². The summed E-state index contributed by atoms with van der Waals surface area (Å²) in [6.07, 6.45) is -0.576. The van der Waals surface area contributed by atoms with Crippen molar-refractivity contribution in [2.45, 2.75) is 70.5 Å². The predicted octanol–water partition coefficient (Wildman–Crippen LogP) is 7.61. The number of carbonyl (C=O) groups excluding carboxylic acids is 2. The van der Waals surface area contributed by atoms with Crippen molar-refractivity contribution in [3.8, 4) is 17.2 Å². The summed E-state index contributed by atoms with van der Waals surface area (Å²) in [5.74, 6) is -1.61. The molecule has 4 N–H and O–H groups in total. The van der Waals surface area contributed by atoms with E-state index in [1.165, 1.54) is 55.7 Å². The van der Waals surface area contributed by atoms with Crippen molar-refractivity contribution >= 4 is 23.5 Å². The van der Waals surface area contributed by atoms with Crippen molar-refractivity contribution in [1.29, 1.82) is 0 Å². The van der Waals surface area contributed by atoms with Crippen molar-refractivity contribution in [2.75, 3.05) is 11.9 Å². The van der Waals surface area contributed by atoms with Crippen LogP contribution < -0.4 is 24.8 Å². The van der Waals surface area contributed by atoms with E-state index in [2.05, 4.69) is 22.3 Å². The van der Waals surface area contributed by atoms with E-state index in [-0.39, 0.29) is 18.6 Å². The average Bonchev–Trinajstić information content (AvgIpc) is 3.11. The minimum atomic E-state index is -4.81. The highest BCUT2D eigenvalue weighted by molar-refractivity contribution is 5.92. The number of unbranched alkanes of at least 4 members (excludes halogenated alkanes) is 4. The van der Waals surface area contributed by atoms with Crippen LogP contribution >= 0.6 is 0 Å². The highest BCUT2D eigenvalue weighted by atomic mass is 19.4. The Bertz CT molecular complexity index is 1730. The molecule has 0 saturated heterocycles. The predicted molar refractivity (Wildman–Crippen MR) is 187 cm³/mol. The number of nitrogens with one attached hydrogen (secondary N) is 2. The maximum Gasteiger partial charge on any atom is 0.573 e. The monoisotopic (exact) mass is 722 g/mol. The van der Waals surface area contributed by atoms with E-state index >= 15 is 0 Å². The van der Waals surface area contributed by atoms with Gasteiger partial charge in [0, 0.05) is 5.69 Å². The minimum absolute atomic E-state index is 0.0120. The third-order valence-corrected chi connectivity index (χ3v) is 7.87. The lowest BCUT2D eigenvalue weighted by Gasteiger charge is -2.20. The van der Waals surface area contributed by atoms with Crippen molar-refractivity contribution in [3.63, 3.8) is 0 Å². The number of ether oxygens (including phenoxy) is 3. The number of anilines is 1. The van der Waals surface area contributed by atoms with Crippen LogP contribution in [-0.2, 0) is 22.4 Å². The van der Waals surface area contributed by atoms with Crippen LogP contribution in [0.4, 0.5) is 18.9 Å². The van der Waals surface area contributed by atoms with Crippen LogP contribution in [-0.4, -0.2) is 47.1 Å². The van der Waals surface area contributed by atoms with E-state index in [4.69, 9.17) is 9.47 Å². The molecule has 52 heavy (non-hydrogen) atoms. The number of benzene rings is 4. The van der Waals surface area contributed by atoms with Gasteiger partial charge in [-0.3, -0.25) is 14.9 Å². The second kappa shape index (κ2) is 19.3. The van der Waals surface area contributed by atoms with Gasteiger partial charge < -0.3 is 29.7 Å². The molecular formula is C39H41F3N2O8. The highest BCUT2D eigenvalue weighted by Gasteiger charge is 2.31. The standard InChI is InChI=1S/C39H41F3N2O8/c1-2-3-4-5-6-23-50-31-21-13-29(14-22-31)38(49)51-32-17-7-26(8-18-32)24-34(37(47)48)44-36(46)28-11-15-30(16-12-28)43-35(45)25-27-9-19-33(20-10-27)52-39(40,41)42/h7-22,34,36,44,46H,2-6,23-25H2,1H3,(H,43,45)(H,47,48)/t34-,36?/m0/s1. The van der Waals surface area contributed by atoms with E-state index in [0.29, 0.717) is 40.3 Å². The zero-order valence-electron chi connectivity index (χ0n) is 28.5. The lowest BCUT2D eigenvalue weighted by atomic mass is 10.0. The van der Waals surface area contributed by atoms with Gasteiger partial charge in [0.25, 0.3) is 0 Å². The van der Waals surface area contributed by atoms with Gasteiger partial charge in [0.2, 0.25) is 5.91 Å². The summed E-state index contributed by atoms with van der Waals surface area (Å²) >= 11 is 0. The molecule has 0 fully saturated rings. The number of amides is 1. The maximum absolute atomic E-state index is 12.7. The van der Waals surface area contributed by atoms with Crippen molar-refractivity contribution in [2.24, 2.45) is 0 Å². The quantitative estimate of drug-likeness (QED) is 0.0333. The summed E-state index contributed by atoms with van der Waals surface area (Å²) in [7, 11) is 0. The van der Waals surface area contributed by atoms with Gasteiger partial charge in [0.1, 0.15) is 29.5 Å². The fraction of sp³-hybridized carbons (Fsp3) is 0.308. The Morgan fingerprint density at radius 3 is 1.96 bits per heavy atom. The average molecular weight is 723 g/mol. The summed E-state index contributed by atoms with van der Waals surface area (Å²) in [4.78, 5) is 37.1. The number of aliphatic hydroxyl groups is 1. The van der Waals surface area contributed by atoms with Gasteiger partial charge in [-0.1, -0.05) is 69.0 Å². The topological polar surface area (TPSA) is 143 Å². The fourth-order valence-electron chi connectivity index (χ4n) is 5.13. The van der Waals surface area contributed by atoms with E-state index in [9.17, 15) is 37.8 Å². The van der Waals surface area contributed by atoms with Crippen LogP contribution in [0.2, 0.25) is 0 Å². The highest BCUT2D eigenvalue weighted by Crippen LogP contribution is 2.24. The van der Waals surface area contributed by atoms with Crippen LogP contribution in [0, 0.1) is 0 Å². The molecule has 2 atom stereocenters. The van der Waals surface area contributed by atoms with Gasteiger partial charge in [-0.15, -0.1) is 13.2 Å². The third-order valence-electron chi connectivity index (χ3n) is 7.87.